The van der Waals surface area contributed by atoms with Crippen LogP contribution in [0.25, 0.3) is 22.4 Å². The highest BCUT2D eigenvalue weighted by atomic mass is 32.1. The van der Waals surface area contributed by atoms with Gasteiger partial charge in [-0.2, -0.15) is 5.10 Å². The summed E-state index contributed by atoms with van der Waals surface area (Å²) in [5.74, 6) is 0.802. The number of hydrogen-bond acceptors (Lipinski definition) is 5. The van der Waals surface area contributed by atoms with E-state index in [1.54, 1.807) is 16.7 Å². The number of nitrogens with one attached hydrogen (secondary N) is 3. The summed E-state index contributed by atoms with van der Waals surface area (Å²) in [6.45, 7) is 7.11. The number of fused-ring (bicyclic) bond motifs is 1. The van der Waals surface area contributed by atoms with Crippen molar-refractivity contribution in [1.29, 1.82) is 0 Å². The van der Waals surface area contributed by atoms with Gasteiger partial charge in [-0.15, -0.1) is 0 Å². The van der Waals surface area contributed by atoms with E-state index in [9.17, 15) is 9.59 Å². The summed E-state index contributed by atoms with van der Waals surface area (Å²) in [7, 11) is 0. The summed E-state index contributed by atoms with van der Waals surface area (Å²) in [5.41, 5.74) is 9.10. The summed E-state index contributed by atoms with van der Waals surface area (Å²) >= 11 is 5.31. The van der Waals surface area contributed by atoms with E-state index in [1.807, 2.05) is 51.1 Å². The minimum atomic E-state index is -0.408. The fourth-order valence-corrected chi connectivity index (χ4v) is 3.94. The van der Waals surface area contributed by atoms with Crippen molar-refractivity contribution in [2.45, 2.75) is 40.3 Å². The second-order valence-electron chi connectivity index (χ2n) is 7.73. The minimum absolute atomic E-state index is 0.117. The standard InChI is InChI=1S/C23H25N7O2S/c1-4-29-15(3)24-18-13-17(9-10-19(18)29)22(32)27-25-20(31)11-12-30-21(26-28-23(30)33)16-7-5-14(2)6-8-16/h5-10,13H,4,11-12H2,1-3H3,(H,25,31)(H,27,32)(H,28,33). The van der Waals surface area contributed by atoms with Gasteiger partial charge in [0.05, 0.1) is 11.0 Å². The number of benzene rings is 2. The molecule has 2 aromatic carbocycles. The van der Waals surface area contributed by atoms with Gasteiger partial charge in [0.1, 0.15) is 5.82 Å². The number of nitrogens with zero attached hydrogens (tertiary/aromatic N) is 4. The van der Waals surface area contributed by atoms with Crippen LogP contribution in [0, 0.1) is 18.6 Å². The number of amides is 2. The molecule has 2 heterocycles. The van der Waals surface area contributed by atoms with Gasteiger partial charge in [0.2, 0.25) is 5.91 Å². The molecule has 170 valence electrons. The Morgan fingerprint density at radius 2 is 1.82 bits per heavy atom. The summed E-state index contributed by atoms with van der Waals surface area (Å²) in [5, 5.41) is 7.06. The number of imidazole rings is 1. The number of aromatic nitrogens is 5. The average Bonchev–Trinajstić information content (AvgIpc) is 3.34. The van der Waals surface area contributed by atoms with Crippen molar-refractivity contribution >= 4 is 35.1 Å². The number of hydrazine groups is 1. The molecule has 4 aromatic rings. The van der Waals surface area contributed by atoms with Crippen molar-refractivity contribution in [2.24, 2.45) is 0 Å². The van der Waals surface area contributed by atoms with E-state index in [4.69, 9.17) is 12.2 Å². The molecule has 0 aliphatic carbocycles. The fourth-order valence-electron chi connectivity index (χ4n) is 3.71. The van der Waals surface area contributed by atoms with Gasteiger partial charge < -0.3 is 4.57 Å². The summed E-state index contributed by atoms with van der Waals surface area (Å²) < 4.78 is 4.27. The normalized spacial score (nSPS) is 11.0. The van der Waals surface area contributed by atoms with Crippen LogP contribution in [0.15, 0.2) is 42.5 Å². The largest absolute Gasteiger partial charge is 0.329 e. The molecule has 2 aromatic heterocycles. The number of hydrogen-bond donors (Lipinski definition) is 3. The quantitative estimate of drug-likeness (QED) is 0.300. The molecule has 0 aliphatic heterocycles. The van der Waals surface area contributed by atoms with Crippen LogP contribution in [-0.2, 0) is 17.9 Å². The fraction of sp³-hybridized carbons (Fsp3) is 0.261. The Morgan fingerprint density at radius 1 is 1.06 bits per heavy atom. The Kier molecular flexibility index (Phi) is 6.36. The molecule has 0 saturated heterocycles. The zero-order chi connectivity index (χ0) is 23.5. The van der Waals surface area contributed by atoms with Gasteiger partial charge in [-0.1, -0.05) is 29.8 Å². The molecular weight excluding hydrogens is 438 g/mol. The lowest BCUT2D eigenvalue weighted by atomic mass is 10.1. The molecule has 0 fully saturated rings. The Bertz CT molecular complexity index is 1380. The van der Waals surface area contributed by atoms with Crippen molar-refractivity contribution < 1.29 is 9.59 Å². The second-order valence-corrected chi connectivity index (χ2v) is 8.12. The van der Waals surface area contributed by atoms with Crippen LogP contribution < -0.4 is 10.9 Å². The van der Waals surface area contributed by atoms with Gasteiger partial charge in [-0.05, 0) is 51.2 Å². The van der Waals surface area contributed by atoms with E-state index >= 15 is 0 Å². The molecule has 0 radical (unpaired) electrons. The van der Waals surface area contributed by atoms with E-state index in [-0.39, 0.29) is 12.3 Å². The molecule has 0 atom stereocenters. The highest BCUT2D eigenvalue weighted by Gasteiger charge is 2.13. The highest BCUT2D eigenvalue weighted by Crippen LogP contribution is 2.19. The predicted octanol–water partition coefficient (Wildman–Crippen LogP) is 3.45. The topological polar surface area (TPSA) is 110 Å². The molecule has 10 heteroatoms. The number of carbonyl (C=O) groups is 2. The van der Waals surface area contributed by atoms with Crippen LogP contribution in [0.3, 0.4) is 0 Å². The monoisotopic (exact) mass is 463 g/mol. The molecule has 9 nitrogen and oxygen atoms in total. The Balaban J connectivity index is 1.37. The lowest BCUT2D eigenvalue weighted by Crippen LogP contribution is -2.41. The number of carbonyl (C=O) groups excluding carboxylic acids is 2. The predicted molar refractivity (Wildman–Crippen MR) is 128 cm³/mol. The van der Waals surface area contributed by atoms with Gasteiger partial charge in [0, 0.05) is 30.6 Å². The third-order valence-corrected chi connectivity index (χ3v) is 5.78. The first-order valence-corrected chi connectivity index (χ1v) is 11.1. The maximum absolute atomic E-state index is 12.5. The molecule has 0 saturated carbocycles. The van der Waals surface area contributed by atoms with Crippen molar-refractivity contribution in [3.63, 3.8) is 0 Å². The van der Waals surface area contributed by atoms with Gasteiger partial charge in [-0.3, -0.25) is 30.1 Å². The zero-order valence-electron chi connectivity index (χ0n) is 18.7. The first kappa shape index (κ1) is 22.4. The van der Waals surface area contributed by atoms with Crippen LogP contribution in [0.1, 0.15) is 35.1 Å². The number of aromatic amines is 1. The van der Waals surface area contributed by atoms with Crippen LogP contribution in [-0.4, -0.2) is 36.1 Å². The molecule has 3 N–H and O–H groups in total. The number of aryl methyl sites for hydroxylation is 3. The highest BCUT2D eigenvalue weighted by molar-refractivity contribution is 7.71. The lowest BCUT2D eigenvalue weighted by Gasteiger charge is -2.09. The number of H-pyrrole nitrogens is 1. The molecule has 0 spiro atoms. The van der Waals surface area contributed by atoms with Gasteiger partial charge in [0.15, 0.2) is 10.6 Å². The molecule has 4 rings (SSSR count). The molecule has 0 aliphatic rings. The first-order valence-electron chi connectivity index (χ1n) is 10.7. The third kappa shape index (κ3) is 4.70. The first-order chi connectivity index (χ1) is 15.9. The van der Waals surface area contributed by atoms with E-state index in [1.165, 1.54) is 0 Å². The van der Waals surface area contributed by atoms with E-state index < -0.39 is 5.91 Å². The van der Waals surface area contributed by atoms with Gasteiger partial charge in [-0.25, -0.2) is 4.98 Å². The molecule has 2 amide bonds. The summed E-state index contributed by atoms with van der Waals surface area (Å²) in [6, 6.07) is 13.2. The average molecular weight is 464 g/mol. The van der Waals surface area contributed by atoms with Crippen LogP contribution >= 0.6 is 12.2 Å². The Morgan fingerprint density at radius 3 is 2.55 bits per heavy atom. The summed E-state index contributed by atoms with van der Waals surface area (Å²) in [6.07, 6.45) is 0.117. The van der Waals surface area contributed by atoms with Crippen LogP contribution in [0.4, 0.5) is 0 Å². The summed E-state index contributed by atoms with van der Waals surface area (Å²) in [4.78, 5) is 29.4. The molecule has 0 bridgehead atoms. The second kappa shape index (κ2) is 9.37. The minimum Gasteiger partial charge on any atom is -0.329 e. The third-order valence-electron chi connectivity index (χ3n) is 5.46. The van der Waals surface area contributed by atoms with E-state index in [0.29, 0.717) is 22.7 Å². The van der Waals surface area contributed by atoms with E-state index in [2.05, 4.69) is 30.6 Å². The van der Waals surface area contributed by atoms with E-state index in [0.717, 1.165) is 34.5 Å². The Hall–Kier alpha value is -3.79. The molecule has 0 unspecified atom stereocenters. The zero-order valence-corrected chi connectivity index (χ0v) is 19.5. The number of rotatable bonds is 6. The van der Waals surface area contributed by atoms with Crippen molar-refractivity contribution in [1.82, 2.24) is 35.2 Å². The maximum atomic E-state index is 12.5. The van der Waals surface area contributed by atoms with Gasteiger partial charge in [0.25, 0.3) is 5.91 Å². The smallest absolute Gasteiger partial charge is 0.269 e. The van der Waals surface area contributed by atoms with Crippen LogP contribution in [0.2, 0.25) is 0 Å². The Labute approximate surface area is 195 Å². The van der Waals surface area contributed by atoms with Gasteiger partial charge >= 0.3 is 0 Å². The van der Waals surface area contributed by atoms with Crippen molar-refractivity contribution in [2.75, 3.05) is 0 Å². The lowest BCUT2D eigenvalue weighted by molar-refractivity contribution is -0.122. The SMILES string of the molecule is CCn1c(C)nc2cc(C(=O)NNC(=O)CCn3c(-c4ccc(C)cc4)n[nH]c3=S)ccc21. The van der Waals surface area contributed by atoms with Crippen molar-refractivity contribution in [3.05, 3.63) is 64.2 Å². The molecule has 33 heavy (non-hydrogen) atoms. The maximum Gasteiger partial charge on any atom is 0.269 e. The van der Waals surface area contributed by atoms with Crippen LogP contribution in [0.5, 0.6) is 0 Å². The van der Waals surface area contributed by atoms with Crippen molar-refractivity contribution in [3.8, 4) is 11.4 Å². The molecular formula is C23H25N7O2S.